The van der Waals surface area contributed by atoms with Crippen LogP contribution in [0.25, 0.3) is 27.6 Å². The van der Waals surface area contributed by atoms with Gasteiger partial charge >= 0.3 is 0 Å². The zero-order chi connectivity index (χ0) is 21.7. The molecule has 1 aliphatic rings. The summed E-state index contributed by atoms with van der Waals surface area (Å²) in [5, 5.41) is 4.46. The number of hydrogen-bond donors (Lipinski definition) is 1. The normalized spacial score (nSPS) is 13.5. The van der Waals surface area contributed by atoms with Crippen LogP contribution in [-0.4, -0.2) is 38.5 Å². The number of imidazole rings is 1. The van der Waals surface area contributed by atoms with Gasteiger partial charge in [0.1, 0.15) is 12.2 Å². The van der Waals surface area contributed by atoms with Gasteiger partial charge in [0.25, 0.3) is 0 Å². The van der Waals surface area contributed by atoms with E-state index in [9.17, 15) is 9.59 Å². The Morgan fingerprint density at radius 2 is 1.69 bits per heavy atom. The van der Waals surface area contributed by atoms with Crippen molar-refractivity contribution in [1.82, 2.24) is 14.4 Å². The van der Waals surface area contributed by atoms with E-state index in [-0.39, 0.29) is 24.1 Å². The lowest BCUT2D eigenvalue weighted by molar-refractivity contribution is -0.120. The Kier molecular flexibility index (Phi) is 4.32. The molecule has 156 valence electrons. The van der Waals surface area contributed by atoms with Crippen LogP contribution in [0.2, 0.25) is 0 Å². The molecule has 2 aromatic heterocycles. The number of aromatic nitrogens is 3. The third-order valence-corrected chi connectivity index (χ3v) is 6.43. The molecule has 2 amide bonds. The zero-order valence-electron chi connectivity index (χ0n) is 16.9. The van der Waals surface area contributed by atoms with Gasteiger partial charge in [0.2, 0.25) is 11.8 Å². The van der Waals surface area contributed by atoms with Crippen LogP contribution in [0.15, 0.2) is 78.0 Å². The summed E-state index contributed by atoms with van der Waals surface area (Å²) < 4.78 is 2.01. The summed E-state index contributed by atoms with van der Waals surface area (Å²) in [6, 6.07) is 23.1. The van der Waals surface area contributed by atoms with E-state index in [0.717, 1.165) is 27.6 Å². The molecule has 0 saturated heterocycles. The molecule has 0 aliphatic carbocycles. The van der Waals surface area contributed by atoms with E-state index in [0.29, 0.717) is 16.5 Å². The second-order valence-corrected chi connectivity index (χ2v) is 8.45. The number of para-hydroxylation sites is 5. The van der Waals surface area contributed by atoms with Crippen LogP contribution in [0.1, 0.15) is 0 Å². The minimum absolute atomic E-state index is 0.00493. The van der Waals surface area contributed by atoms with E-state index in [1.165, 1.54) is 16.7 Å². The second kappa shape index (κ2) is 7.35. The van der Waals surface area contributed by atoms with Crippen molar-refractivity contribution in [2.45, 2.75) is 5.16 Å². The first-order valence-electron chi connectivity index (χ1n) is 10.2. The Balaban J connectivity index is 1.40. The summed E-state index contributed by atoms with van der Waals surface area (Å²) in [6.07, 6.45) is 0. The number of nitrogens with zero attached hydrogens (tertiary/aromatic N) is 4. The fourth-order valence-electron chi connectivity index (χ4n) is 4.07. The van der Waals surface area contributed by atoms with Gasteiger partial charge in [-0.25, -0.2) is 9.97 Å². The molecule has 0 unspecified atom stereocenters. The first-order chi connectivity index (χ1) is 15.7. The lowest BCUT2D eigenvalue weighted by atomic mass is 10.2. The van der Waals surface area contributed by atoms with Crippen molar-refractivity contribution in [3.05, 3.63) is 72.8 Å². The minimum Gasteiger partial charge on any atom is -0.323 e. The number of amides is 2. The van der Waals surface area contributed by atoms with E-state index in [2.05, 4.69) is 5.32 Å². The maximum absolute atomic E-state index is 13.2. The first kappa shape index (κ1) is 18.8. The summed E-state index contributed by atoms with van der Waals surface area (Å²) >= 11 is 1.35. The van der Waals surface area contributed by atoms with Crippen LogP contribution in [0.3, 0.4) is 0 Å². The largest absolute Gasteiger partial charge is 0.323 e. The predicted octanol–water partition coefficient (Wildman–Crippen LogP) is 4.11. The van der Waals surface area contributed by atoms with E-state index in [4.69, 9.17) is 9.97 Å². The number of fused-ring (bicyclic) bond motifs is 6. The number of carbonyl (C=O) groups is 2. The van der Waals surface area contributed by atoms with E-state index >= 15 is 0 Å². The highest BCUT2D eigenvalue weighted by molar-refractivity contribution is 7.99. The van der Waals surface area contributed by atoms with Crippen molar-refractivity contribution < 1.29 is 9.59 Å². The van der Waals surface area contributed by atoms with Crippen molar-refractivity contribution in [2.24, 2.45) is 0 Å². The number of hydrogen-bond acceptors (Lipinski definition) is 5. The number of thioether (sulfide) groups is 1. The highest BCUT2D eigenvalue weighted by atomic mass is 32.2. The summed E-state index contributed by atoms with van der Waals surface area (Å²) in [4.78, 5) is 36.5. The molecule has 32 heavy (non-hydrogen) atoms. The summed E-state index contributed by atoms with van der Waals surface area (Å²) in [5.74, 6) is -0.201. The molecule has 3 heterocycles. The molecule has 0 fully saturated rings. The van der Waals surface area contributed by atoms with Crippen LogP contribution < -0.4 is 10.2 Å². The highest BCUT2D eigenvalue weighted by Crippen LogP contribution is 2.32. The fraction of sp³-hybridized carbons (Fsp3) is 0.0833. The SMILES string of the molecule is O=C1CN(C(=O)CSc2nc3ccccc3c3nc4ccccc4n23)c2ccccc2N1. The van der Waals surface area contributed by atoms with E-state index < -0.39 is 0 Å². The van der Waals surface area contributed by atoms with Gasteiger partial charge in [-0.15, -0.1) is 0 Å². The molecule has 1 N–H and O–H groups in total. The number of benzene rings is 3. The fourth-order valence-corrected chi connectivity index (χ4v) is 4.96. The quantitative estimate of drug-likeness (QED) is 0.338. The van der Waals surface area contributed by atoms with Crippen molar-refractivity contribution in [3.8, 4) is 0 Å². The van der Waals surface area contributed by atoms with E-state index in [1.54, 1.807) is 6.07 Å². The first-order valence-corrected chi connectivity index (χ1v) is 11.2. The van der Waals surface area contributed by atoms with Gasteiger partial charge in [0.05, 0.1) is 33.7 Å². The molecule has 5 aromatic rings. The Hall–Kier alpha value is -3.91. The van der Waals surface area contributed by atoms with Crippen molar-refractivity contribution in [3.63, 3.8) is 0 Å². The summed E-state index contributed by atoms with van der Waals surface area (Å²) in [6.45, 7) is 0.00493. The van der Waals surface area contributed by atoms with Gasteiger partial charge in [-0.2, -0.15) is 0 Å². The monoisotopic (exact) mass is 439 g/mol. The number of anilines is 2. The van der Waals surface area contributed by atoms with Crippen LogP contribution in [0.4, 0.5) is 11.4 Å². The van der Waals surface area contributed by atoms with E-state index in [1.807, 2.05) is 71.1 Å². The highest BCUT2D eigenvalue weighted by Gasteiger charge is 2.27. The van der Waals surface area contributed by atoms with Crippen molar-refractivity contribution in [1.29, 1.82) is 0 Å². The van der Waals surface area contributed by atoms with Gasteiger partial charge in [0, 0.05) is 5.39 Å². The smallest absolute Gasteiger partial charge is 0.244 e. The molecule has 0 radical (unpaired) electrons. The summed E-state index contributed by atoms with van der Waals surface area (Å²) in [7, 11) is 0. The third-order valence-electron chi connectivity index (χ3n) is 5.51. The Bertz CT molecular complexity index is 1540. The molecular weight excluding hydrogens is 422 g/mol. The molecular formula is C24H17N5O2S. The predicted molar refractivity (Wildman–Crippen MR) is 126 cm³/mol. The summed E-state index contributed by atoms with van der Waals surface area (Å²) in [5.41, 5.74) is 4.82. The molecule has 0 bridgehead atoms. The minimum atomic E-state index is -0.200. The number of nitrogens with one attached hydrogen (secondary N) is 1. The van der Waals surface area contributed by atoms with Crippen LogP contribution in [0.5, 0.6) is 0 Å². The van der Waals surface area contributed by atoms with Gasteiger partial charge in [-0.3, -0.25) is 14.0 Å². The van der Waals surface area contributed by atoms with Gasteiger partial charge in [-0.05, 0) is 36.4 Å². The average molecular weight is 440 g/mol. The second-order valence-electron chi connectivity index (χ2n) is 7.50. The molecule has 6 rings (SSSR count). The molecule has 0 saturated carbocycles. The maximum atomic E-state index is 13.2. The maximum Gasteiger partial charge on any atom is 0.244 e. The molecule has 7 nitrogen and oxygen atoms in total. The lowest BCUT2D eigenvalue weighted by Crippen LogP contribution is -2.43. The van der Waals surface area contributed by atoms with Crippen molar-refractivity contribution >= 4 is 62.5 Å². The molecule has 8 heteroatoms. The van der Waals surface area contributed by atoms with Crippen LogP contribution >= 0.6 is 11.8 Å². The zero-order valence-corrected chi connectivity index (χ0v) is 17.7. The lowest BCUT2D eigenvalue weighted by Gasteiger charge is -2.29. The Morgan fingerprint density at radius 3 is 2.59 bits per heavy atom. The van der Waals surface area contributed by atoms with Crippen LogP contribution in [0, 0.1) is 0 Å². The molecule has 0 spiro atoms. The Morgan fingerprint density at radius 1 is 0.938 bits per heavy atom. The number of rotatable bonds is 3. The average Bonchev–Trinajstić information content (AvgIpc) is 3.22. The molecule has 0 atom stereocenters. The van der Waals surface area contributed by atoms with Gasteiger partial charge < -0.3 is 10.2 Å². The van der Waals surface area contributed by atoms with Crippen molar-refractivity contribution in [2.75, 3.05) is 22.5 Å². The standard InChI is InChI=1S/C24H17N5O2S/c30-21-13-28(19-11-5-3-9-17(19)25-21)22(31)14-32-24-27-16-8-2-1-7-15(16)23-26-18-10-4-6-12-20(18)29(23)24/h1-12H,13-14H2,(H,25,30). The Labute approximate surface area is 187 Å². The third kappa shape index (κ3) is 2.99. The molecule has 1 aliphatic heterocycles. The van der Waals surface area contributed by atoms with Gasteiger partial charge in [-0.1, -0.05) is 48.2 Å². The molecule has 3 aromatic carbocycles. The van der Waals surface area contributed by atoms with Crippen LogP contribution in [-0.2, 0) is 9.59 Å². The van der Waals surface area contributed by atoms with Gasteiger partial charge in [0.15, 0.2) is 5.16 Å². The number of carbonyl (C=O) groups excluding carboxylic acids is 2. The topological polar surface area (TPSA) is 79.6 Å².